The van der Waals surface area contributed by atoms with Crippen LogP contribution in [0.15, 0.2) is 83.8 Å². The van der Waals surface area contributed by atoms with Gasteiger partial charge in [0.25, 0.3) is 15.9 Å². The Bertz CT molecular complexity index is 1200. The van der Waals surface area contributed by atoms with E-state index < -0.39 is 10.0 Å². The molecule has 0 unspecified atom stereocenters. The number of para-hydroxylation sites is 2. The van der Waals surface area contributed by atoms with E-state index in [0.29, 0.717) is 17.8 Å². The topological polar surface area (TPSA) is 69.7 Å². The number of rotatable bonds is 8. The number of hydrogen-bond donors (Lipinski definition) is 1. The van der Waals surface area contributed by atoms with Gasteiger partial charge < -0.3 is 10.2 Å². The Labute approximate surface area is 189 Å². The molecule has 32 heavy (non-hydrogen) atoms. The monoisotopic (exact) mass is 449 g/mol. The molecule has 0 atom stereocenters. The molecular formula is C25H27N3O3S. The lowest BCUT2D eigenvalue weighted by Crippen LogP contribution is -2.30. The fourth-order valence-electron chi connectivity index (χ4n) is 3.95. The van der Waals surface area contributed by atoms with Crippen LogP contribution < -0.4 is 14.5 Å². The van der Waals surface area contributed by atoms with E-state index in [2.05, 4.69) is 34.5 Å². The second-order valence-electron chi connectivity index (χ2n) is 7.81. The molecule has 0 saturated carbocycles. The van der Waals surface area contributed by atoms with E-state index >= 15 is 0 Å². The fourth-order valence-corrected chi connectivity index (χ4v) is 5.19. The number of nitrogens with one attached hydrogen (secondary N) is 1. The molecule has 1 N–H and O–H groups in total. The van der Waals surface area contributed by atoms with Gasteiger partial charge in [0.1, 0.15) is 0 Å². The molecule has 3 aromatic rings. The van der Waals surface area contributed by atoms with Crippen LogP contribution in [0.5, 0.6) is 0 Å². The van der Waals surface area contributed by atoms with Crippen LogP contribution in [-0.2, 0) is 16.4 Å². The minimum atomic E-state index is -3.77. The molecule has 1 aliphatic heterocycles. The van der Waals surface area contributed by atoms with Crippen LogP contribution in [-0.4, -0.2) is 41.0 Å². The van der Waals surface area contributed by atoms with Gasteiger partial charge in [-0.2, -0.15) is 0 Å². The Balaban J connectivity index is 1.35. The lowest BCUT2D eigenvalue weighted by Gasteiger charge is -2.20. The van der Waals surface area contributed by atoms with Crippen molar-refractivity contribution in [2.45, 2.75) is 17.7 Å². The van der Waals surface area contributed by atoms with Crippen LogP contribution in [0, 0.1) is 0 Å². The summed E-state index contributed by atoms with van der Waals surface area (Å²) in [5.41, 5.74) is 3.54. The normalized spacial score (nSPS) is 13.0. The first-order valence-corrected chi connectivity index (χ1v) is 12.2. The zero-order valence-electron chi connectivity index (χ0n) is 18.1. The first-order chi connectivity index (χ1) is 15.5. The number of benzene rings is 3. The first-order valence-electron chi connectivity index (χ1n) is 10.7. The highest BCUT2D eigenvalue weighted by atomic mass is 32.2. The minimum absolute atomic E-state index is 0.0881. The predicted molar refractivity (Wildman–Crippen MR) is 128 cm³/mol. The van der Waals surface area contributed by atoms with Crippen molar-refractivity contribution < 1.29 is 13.2 Å². The molecule has 166 valence electrons. The predicted octanol–water partition coefficient (Wildman–Crippen LogP) is 3.69. The van der Waals surface area contributed by atoms with Gasteiger partial charge >= 0.3 is 0 Å². The van der Waals surface area contributed by atoms with Crippen molar-refractivity contribution in [3.8, 4) is 0 Å². The number of carbonyl (C=O) groups is 1. The smallest absolute Gasteiger partial charge is 0.264 e. The molecule has 0 spiro atoms. The van der Waals surface area contributed by atoms with Gasteiger partial charge in [0, 0.05) is 37.9 Å². The summed E-state index contributed by atoms with van der Waals surface area (Å²) in [6.45, 7) is 2.40. The van der Waals surface area contributed by atoms with E-state index in [1.54, 1.807) is 36.4 Å². The third-order valence-electron chi connectivity index (χ3n) is 5.75. The number of carbonyl (C=O) groups excluding carboxylic acids is 1. The Morgan fingerprint density at radius 1 is 1.00 bits per heavy atom. The van der Waals surface area contributed by atoms with Crippen molar-refractivity contribution >= 4 is 27.3 Å². The maximum Gasteiger partial charge on any atom is 0.264 e. The third-order valence-corrected chi connectivity index (χ3v) is 7.53. The second-order valence-corrected chi connectivity index (χ2v) is 9.78. The standard InChI is InChI=1S/C25H27N3O3S/c1-27(22-11-3-2-4-12-22)32(30,31)23-13-7-10-21(19-23)25(29)26-16-8-17-28-18-15-20-9-5-6-14-24(20)28/h2-7,9-14,19H,8,15-18H2,1H3,(H,26,29). The molecule has 1 amide bonds. The Kier molecular flexibility index (Phi) is 6.46. The Morgan fingerprint density at radius 3 is 2.56 bits per heavy atom. The molecule has 0 saturated heterocycles. The largest absolute Gasteiger partial charge is 0.371 e. The van der Waals surface area contributed by atoms with Gasteiger partial charge in [-0.3, -0.25) is 9.10 Å². The van der Waals surface area contributed by atoms with Crippen molar-refractivity contribution in [2.75, 3.05) is 35.9 Å². The van der Waals surface area contributed by atoms with Gasteiger partial charge in [0.2, 0.25) is 0 Å². The van der Waals surface area contributed by atoms with Gasteiger partial charge in [-0.1, -0.05) is 42.5 Å². The maximum absolute atomic E-state index is 13.0. The van der Waals surface area contributed by atoms with Crippen molar-refractivity contribution in [1.82, 2.24) is 5.32 Å². The second kappa shape index (κ2) is 9.44. The van der Waals surface area contributed by atoms with Crippen molar-refractivity contribution in [3.63, 3.8) is 0 Å². The van der Waals surface area contributed by atoms with Gasteiger partial charge in [0.15, 0.2) is 0 Å². The number of anilines is 2. The number of nitrogens with zero attached hydrogens (tertiary/aromatic N) is 2. The minimum Gasteiger partial charge on any atom is -0.371 e. The number of hydrogen-bond acceptors (Lipinski definition) is 4. The quantitative estimate of drug-likeness (QED) is 0.533. The van der Waals surface area contributed by atoms with Gasteiger partial charge in [-0.05, 0) is 54.8 Å². The van der Waals surface area contributed by atoms with Crippen LogP contribution >= 0.6 is 0 Å². The highest BCUT2D eigenvalue weighted by Gasteiger charge is 2.22. The van der Waals surface area contributed by atoms with Crippen molar-refractivity contribution in [1.29, 1.82) is 0 Å². The SMILES string of the molecule is CN(c1ccccc1)S(=O)(=O)c1cccc(C(=O)NCCCN2CCc3ccccc32)c1. The van der Waals surface area contributed by atoms with E-state index in [0.717, 1.165) is 25.9 Å². The molecule has 4 rings (SSSR count). The molecule has 1 aliphatic rings. The zero-order chi connectivity index (χ0) is 22.6. The summed E-state index contributed by atoms with van der Waals surface area (Å²) in [7, 11) is -2.26. The molecule has 0 bridgehead atoms. The highest BCUT2D eigenvalue weighted by Crippen LogP contribution is 2.27. The first kappa shape index (κ1) is 21.9. The molecule has 0 radical (unpaired) electrons. The summed E-state index contributed by atoms with van der Waals surface area (Å²) in [6, 6.07) is 23.4. The van der Waals surface area contributed by atoms with Gasteiger partial charge in [-0.15, -0.1) is 0 Å². The summed E-state index contributed by atoms with van der Waals surface area (Å²) in [5.74, 6) is -0.272. The molecular weight excluding hydrogens is 422 g/mol. The lowest BCUT2D eigenvalue weighted by atomic mass is 10.2. The van der Waals surface area contributed by atoms with E-state index in [9.17, 15) is 13.2 Å². The molecule has 7 heteroatoms. The summed E-state index contributed by atoms with van der Waals surface area (Å²) >= 11 is 0. The lowest BCUT2D eigenvalue weighted by molar-refractivity contribution is 0.0953. The third kappa shape index (κ3) is 4.62. The highest BCUT2D eigenvalue weighted by molar-refractivity contribution is 7.92. The molecule has 3 aromatic carbocycles. The summed E-state index contributed by atoms with van der Waals surface area (Å²) < 4.78 is 27.2. The van der Waals surface area contributed by atoms with Crippen molar-refractivity contribution in [3.05, 3.63) is 90.0 Å². The molecule has 6 nitrogen and oxygen atoms in total. The molecule has 0 aromatic heterocycles. The van der Waals surface area contributed by atoms with Crippen LogP contribution in [0.2, 0.25) is 0 Å². The van der Waals surface area contributed by atoms with Gasteiger partial charge in [0.05, 0.1) is 10.6 Å². The van der Waals surface area contributed by atoms with Crippen LogP contribution in [0.3, 0.4) is 0 Å². The number of amides is 1. The average molecular weight is 450 g/mol. The number of sulfonamides is 1. The van der Waals surface area contributed by atoms with E-state index in [-0.39, 0.29) is 10.8 Å². The van der Waals surface area contributed by atoms with Crippen LogP contribution in [0.25, 0.3) is 0 Å². The van der Waals surface area contributed by atoms with Gasteiger partial charge in [-0.25, -0.2) is 8.42 Å². The maximum atomic E-state index is 13.0. The van der Waals surface area contributed by atoms with Crippen LogP contribution in [0.4, 0.5) is 11.4 Å². The van der Waals surface area contributed by atoms with E-state index in [1.165, 1.54) is 34.7 Å². The molecule has 1 heterocycles. The Hall–Kier alpha value is -3.32. The average Bonchev–Trinajstić information content (AvgIpc) is 3.25. The van der Waals surface area contributed by atoms with Crippen molar-refractivity contribution in [2.24, 2.45) is 0 Å². The zero-order valence-corrected chi connectivity index (χ0v) is 18.9. The van der Waals surface area contributed by atoms with E-state index in [4.69, 9.17) is 0 Å². The summed E-state index contributed by atoms with van der Waals surface area (Å²) in [5, 5.41) is 2.91. The fraction of sp³-hybridized carbons (Fsp3) is 0.240. The Morgan fingerprint density at radius 2 is 1.75 bits per heavy atom. The van der Waals surface area contributed by atoms with Crippen LogP contribution in [0.1, 0.15) is 22.3 Å². The number of fused-ring (bicyclic) bond motifs is 1. The van der Waals surface area contributed by atoms with E-state index in [1.807, 2.05) is 6.07 Å². The molecule has 0 aliphatic carbocycles. The summed E-state index contributed by atoms with van der Waals surface area (Å²) in [4.78, 5) is 15.1. The summed E-state index contributed by atoms with van der Waals surface area (Å²) in [6.07, 6.45) is 1.87. The molecule has 0 fully saturated rings.